The van der Waals surface area contributed by atoms with Gasteiger partial charge in [-0.3, -0.25) is 0 Å². The van der Waals surface area contributed by atoms with Gasteiger partial charge >= 0.3 is 271 Å². The average molecular weight is 641 g/mol. The molecular weight excluding hydrogens is 609 g/mol. The second-order valence-corrected chi connectivity index (χ2v) is 14.7. The molecule has 0 amide bonds. The van der Waals surface area contributed by atoms with Crippen LogP contribution in [0.3, 0.4) is 0 Å². The van der Waals surface area contributed by atoms with Gasteiger partial charge in [-0.15, -0.1) is 0 Å². The summed E-state index contributed by atoms with van der Waals surface area (Å²) in [5, 5.41) is 5.46. The number of rotatable bonds is 4. The number of hydrogen-bond donors (Lipinski definition) is 0. The zero-order chi connectivity index (χ0) is 30.1. The molecule has 8 aromatic rings. The zero-order valence-corrected chi connectivity index (χ0v) is 27.0. The van der Waals surface area contributed by atoms with Crippen LogP contribution in [0.25, 0.3) is 52.3 Å². The third-order valence-electron chi connectivity index (χ3n) is 9.67. The average Bonchev–Trinajstić information content (AvgIpc) is 3.59. The molecule has 0 radical (unpaired) electrons. The van der Waals surface area contributed by atoms with Gasteiger partial charge < -0.3 is 0 Å². The monoisotopic (exact) mass is 641 g/mol. The molecule has 1 nitrogen and oxygen atoms in total. The summed E-state index contributed by atoms with van der Waals surface area (Å²) in [7, 11) is 0. The van der Waals surface area contributed by atoms with Gasteiger partial charge in [0.25, 0.3) is 0 Å². The molecule has 0 spiro atoms. The van der Waals surface area contributed by atoms with Crippen LogP contribution in [-0.2, 0) is 5.41 Å². The molecule has 1 aliphatic carbocycles. The summed E-state index contributed by atoms with van der Waals surface area (Å²) in [5.74, 6) is 0. The molecule has 1 aliphatic rings. The van der Waals surface area contributed by atoms with Crippen LogP contribution >= 0.6 is 0 Å². The summed E-state index contributed by atoms with van der Waals surface area (Å²) >= 11 is 0.177. The van der Waals surface area contributed by atoms with E-state index in [4.69, 9.17) is 0 Å². The molecule has 0 N–H and O–H groups in total. The number of hydrogen-bond acceptors (Lipinski definition) is 1. The Morgan fingerprint density at radius 3 is 2.00 bits per heavy atom. The summed E-state index contributed by atoms with van der Waals surface area (Å²) in [6.07, 6.45) is 0. The summed E-state index contributed by atoms with van der Waals surface area (Å²) in [6.45, 7) is 4.73. The Morgan fingerprint density at radius 1 is 0.467 bits per heavy atom. The first kappa shape index (κ1) is 26.5. The van der Waals surface area contributed by atoms with Gasteiger partial charge in [-0.2, -0.15) is 0 Å². The van der Waals surface area contributed by atoms with Crippen molar-refractivity contribution in [3.8, 4) is 22.3 Å². The molecule has 0 fully saturated rings. The van der Waals surface area contributed by atoms with Crippen molar-refractivity contribution in [3.63, 3.8) is 0 Å². The predicted molar refractivity (Wildman–Crippen MR) is 194 cm³/mol. The van der Waals surface area contributed by atoms with E-state index in [0.717, 1.165) is 0 Å². The van der Waals surface area contributed by atoms with E-state index in [2.05, 4.69) is 170 Å². The Balaban J connectivity index is 1.28. The van der Waals surface area contributed by atoms with Crippen molar-refractivity contribution >= 4 is 61.6 Å². The van der Waals surface area contributed by atoms with E-state index >= 15 is 0 Å². The van der Waals surface area contributed by atoms with Crippen molar-refractivity contribution in [2.45, 2.75) is 19.3 Å². The minimum absolute atomic E-state index is 0.0670. The fourth-order valence-electron chi connectivity index (χ4n) is 7.38. The van der Waals surface area contributed by atoms with Crippen LogP contribution in [0.15, 0.2) is 152 Å². The molecule has 2 heteroatoms. The molecule has 0 atom stereocenters. The predicted octanol–water partition coefficient (Wildman–Crippen LogP) is 11.6. The molecule has 0 unspecified atom stereocenters. The van der Waals surface area contributed by atoms with Crippen molar-refractivity contribution in [1.82, 2.24) is 0 Å². The van der Waals surface area contributed by atoms with Crippen LogP contribution in [0.4, 0.5) is 17.1 Å². The number of fused-ring (bicyclic) bond motifs is 8. The van der Waals surface area contributed by atoms with Crippen molar-refractivity contribution in [1.29, 1.82) is 0 Å². The molecule has 9 rings (SSSR count). The molecule has 0 saturated heterocycles. The van der Waals surface area contributed by atoms with Crippen molar-refractivity contribution in [3.05, 3.63) is 163 Å². The van der Waals surface area contributed by atoms with E-state index in [1.54, 1.807) is 0 Å². The van der Waals surface area contributed by atoms with Crippen molar-refractivity contribution in [2.75, 3.05) is 4.90 Å². The summed E-state index contributed by atoms with van der Waals surface area (Å²) in [4.78, 5) is 2.50. The molecule has 0 saturated carbocycles. The Kier molecular flexibility index (Phi) is 5.94. The Hall–Kier alpha value is -4.88. The van der Waals surface area contributed by atoms with E-state index in [9.17, 15) is 0 Å². The van der Waals surface area contributed by atoms with Gasteiger partial charge in [-0.1, -0.05) is 0 Å². The first-order valence-corrected chi connectivity index (χ1v) is 17.3. The van der Waals surface area contributed by atoms with E-state index in [0.29, 0.717) is 0 Å². The van der Waals surface area contributed by atoms with Gasteiger partial charge in [0.2, 0.25) is 0 Å². The van der Waals surface area contributed by atoms with E-state index in [1.807, 2.05) is 0 Å². The first-order valence-electron chi connectivity index (χ1n) is 15.6. The van der Waals surface area contributed by atoms with Gasteiger partial charge in [0, 0.05) is 0 Å². The standard InChI is InChI=1S/C43H31NSe/c1-43(2)38-17-9-8-15-34(38)35-26-24-32(27-39(35)43)44(31-22-19-29(20-23-31)28-11-4-3-5-12-28)40-18-10-16-36-37-25-21-30-13-6-7-14-33(30)41(37)45-42(36)40/h3-27H,1-2H3. The normalized spacial score (nSPS) is 13.3. The van der Waals surface area contributed by atoms with Crippen LogP contribution < -0.4 is 4.90 Å². The van der Waals surface area contributed by atoms with Crippen LogP contribution in [0.5, 0.6) is 0 Å². The molecule has 7 aromatic carbocycles. The van der Waals surface area contributed by atoms with Gasteiger partial charge in [-0.05, 0) is 0 Å². The van der Waals surface area contributed by atoms with Crippen LogP contribution in [0, 0.1) is 0 Å². The van der Waals surface area contributed by atoms with Crippen LogP contribution in [0.2, 0.25) is 0 Å². The number of benzene rings is 7. The van der Waals surface area contributed by atoms with E-state index in [1.165, 1.54) is 80.5 Å². The van der Waals surface area contributed by atoms with E-state index in [-0.39, 0.29) is 19.9 Å². The van der Waals surface area contributed by atoms with Gasteiger partial charge in [0.1, 0.15) is 0 Å². The molecule has 1 heterocycles. The van der Waals surface area contributed by atoms with E-state index < -0.39 is 0 Å². The summed E-state index contributed by atoms with van der Waals surface area (Å²) < 4.78 is 2.94. The van der Waals surface area contributed by atoms with Crippen LogP contribution in [0.1, 0.15) is 25.0 Å². The number of nitrogens with zero attached hydrogens (tertiary/aromatic N) is 1. The topological polar surface area (TPSA) is 3.24 Å². The molecular formula is C43H31NSe. The maximum atomic E-state index is 2.50. The Bertz CT molecular complexity index is 2400. The third-order valence-corrected chi connectivity index (χ3v) is 12.3. The quantitative estimate of drug-likeness (QED) is 0.173. The third kappa shape index (κ3) is 4.07. The summed E-state index contributed by atoms with van der Waals surface area (Å²) in [5.41, 5.74) is 11.5. The molecule has 0 aliphatic heterocycles. The first-order chi connectivity index (χ1) is 22.1. The number of anilines is 3. The molecule has 1 aromatic heterocycles. The van der Waals surface area contributed by atoms with Crippen molar-refractivity contribution < 1.29 is 0 Å². The second kappa shape index (κ2) is 10.1. The zero-order valence-electron chi connectivity index (χ0n) is 25.3. The Morgan fingerprint density at radius 2 is 1.13 bits per heavy atom. The molecule has 45 heavy (non-hydrogen) atoms. The van der Waals surface area contributed by atoms with Gasteiger partial charge in [-0.25, -0.2) is 0 Å². The SMILES string of the molecule is CC1(C)c2ccccc2-c2ccc(N(c3ccc(-c4ccccc4)cc3)c3cccc4c3[se]c3c5ccccc5ccc43)cc21. The maximum absolute atomic E-state index is 2.50. The fourth-order valence-corrected chi connectivity index (χ4v) is 10.2. The second-order valence-electron chi connectivity index (χ2n) is 12.6. The Labute approximate surface area is 269 Å². The molecule has 0 bridgehead atoms. The van der Waals surface area contributed by atoms with Gasteiger partial charge in [0.15, 0.2) is 0 Å². The summed E-state index contributed by atoms with van der Waals surface area (Å²) in [6, 6.07) is 56.1. The van der Waals surface area contributed by atoms with Crippen LogP contribution in [-0.4, -0.2) is 14.5 Å². The van der Waals surface area contributed by atoms with Crippen molar-refractivity contribution in [2.24, 2.45) is 0 Å². The molecule has 214 valence electrons. The van der Waals surface area contributed by atoms with Gasteiger partial charge in [0.05, 0.1) is 0 Å². The fraction of sp³-hybridized carbons (Fsp3) is 0.0698. The minimum atomic E-state index is -0.0670.